The minimum Gasteiger partial charge on any atom is -0.493 e. The van der Waals surface area contributed by atoms with Gasteiger partial charge in [0.1, 0.15) is 11.4 Å². The van der Waals surface area contributed by atoms with Gasteiger partial charge >= 0.3 is 0 Å². The fourth-order valence-electron chi connectivity index (χ4n) is 3.18. The number of carbonyl (C=O) groups excluding carboxylic acids is 2. The summed E-state index contributed by atoms with van der Waals surface area (Å²) in [6, 6.07) is 2.56. The zero-order valence-electron chi connectivity index (χ0n) is 15.4. The summed E-state index contributed by atoms with van der Waals surface area (Å²) in [5.74, 6) is -0.744. The predicted molar refractivity (Wildman–Crippen MR) is 94.4 cm³/mol. The van der Waals surface area contributed by atoms with E-state index in [4.69, 9.17) is 14.2 Å². The molecule has 1 aromatic carbocycles. The molecule has 2 amide bonds. The first-order valence-corrected chi connectivity index (χ1v) is 10.00. The van der Waals surface area contributed by atoms with E-state index in [1.54, 1.807) is 0 Å². The van der Waals surface area contributed by atoms with Gasteiger partial charge in [-0.2, -0.15) is 0 Å². The zero-order valence-corrected chi connectivity index (χ0v) is 16.2. The van der Waals surface area contributed by atoms with Crippen LogP contribution in [0, 0.1) is 0 Å². The quantitative estimate of drug-likeness (QED) is 0.711. The zero-order chi connectivity index (χ0) is 19.8. The van der Waals surface area contributed by atoms with E-state index in [1.165, 1.54) is 31.3 Å². The molecule has 0 aromatic heterocycles. The number of ether oxygens (including phenoxy) is 3. The number of hydrogen-bond donors (Lipinski definition) is 0. The molecular weight excluding hydrogens is 376 g/mol. The Hall–Kier alpha value is -2.33. The molecule has 0 bridgehead atoms. The molecule has 0 spiro atoms. The summed E-state index contributed by atoms with van der Waals surface area (Å²) < 4.78 is 42.0. The summed E-state index contributed by atoms with van der Waals surface area (Å²) in [6.07, 6.45) is 0.662. The highest BCUT2D eigenvalue weighted by atomic mass is 32.2. The molecular formula is C17H22N2O7S. The molecule has 0 radical (unpaired) electrons. The number of fused-ring (bicyclic) bond motifs is 1. The van der Waals surface area contributed by atoms with Crippen molar-refractivity contribution < 1.29 is 32.2 Å². The summed E-state index contributed by atoms with van der Waals surface area (Å²) in [7, 11) is -1.37. The minimum atomic E-state index is -4.14. The molecule has 0 unspecified atom stereocenters. The molecule has 1 aromatic rings. The van der Waals surface area contributed by atoms with Crippen molar-refractivity contribution >= 4 is 21.8 Å². The third kappa shape index (κ3) is 3.34. The second kappa shape index (κ2) is 7.35. The summed E-state index contributed by atoms with van der Waals surface area (Å²) in [5, 5.41) is 0. The molecule has 2 aliphatic heterocycles. The number of carbonyl (C=O) groups is 2. The van der Waals surface area contributed by atoms with E-state index in [-0.39, 0.29) is 28.1 Å². The van der Waals surface area contributed by atoms with E-state index in [1.807, 2.05) is 6.92 Å². The molecule has 0 saturated carbocycles. The van der Waals surface area contributed by atoms with Gasteiger partial charge in [-0.25, -0.2) is 12.7 Å². The lowest BCUT2D eigenvalue weighted by Crippen LogP contribution is -2.49. The standard InChI is InChI=1S/C17H22N2O7S/c1-4-11-9-18(5-6-26-11)16(20)10-19-17(21)12-7-13(24-2)14(25-3)8-15(12)27(19,22)23/h7-8,11H,4-6,9-10H2,1-3H3/t11-/m1/s1. The minimum absolute atomic E-state index is 0.0335. The van der Waals surface area contributed by atoms with E-state index >= 15 is 0 Å². The summed E-state index contributed by atoms with van der Waals surface area (Å²) >= 11 is 0. The van der Waals surface area contributed by atoms with Crippen LogP contribution in [-0.2, 0) is 19.6 Å². The van der Waals surface area contributed by atoms with Crippen molar-refractivity contribution in [1.82, 2.24) is 9.21 Å². The van der Waals surface area contributed by atoms with Crippen molar-refractivity contribution in [1.29, 1.82) is 0 Å². The van der Waals surface area contributed by atoms with Gasteiger partial charge in [0, 0.05) is 19.2 Å². The van der Waals surface area contributed by atoms with Crippen LogP contribution in [0.3, 0.4) is 0 Å². The van der Waals surface area contributed by atoms with Crippen molar-refractivity contribution in [2.24, 2.45) is 0 Å². The summed E-state index contributed by atoms with van der Waals surface area (Å²) in [5.41, 5.74) is -0.0335. The van der Waals surface area contributed by atoms with Crippen LogP contribution < -0.4 is 9.47 Å². The number of benzene rings is 1. The SMILES string of the molecule is CC[C@@H]1CN(C(=O)CN2C(=O)c3cc(OC)c(OC)cc3S2(=O)=O)CCO1. The maximum Gasteiger partial charge on any atom is 0.269 e. The van der Waals surface area contributed by atoms with E-state index < -0.39 is 28.4 Å². The number of amides is 2. The van der Waals surface area contributed by atoms with Crippen LogP contribution in [0.25, 0.3) is 0 Å². The predicted octanol–water partition coefficient (Wildman–Crippen LogP) is 0.486. The van der Waals surface area contributed by atoms with Crippen LogP contribution in [0.2, 0.25) is 0 Å². The van der Waals surface area contributed by atoms with Crippen LogP contribution in [-0.4, -0.2) is 76.0 Å². The molecule has 9 nitrogen and oxygen atoms in total. The Kier molecular flexibility index (Phi) is 5.29. The van der Waals surface area contributed by atoms with Crippen molar-refractivity contribution in [3.05, 3.63) is 17.7 Å². The number of hydrogen-bond acceptors (Lipinski definition) is 7. The molecule has 10 heteroatoms. The lowest BCUT2D eigenvalue weighted by molar-refractivity contribution is -0.138. The molecule has 1 saturated heterocycles. The van der Waals surface area contributed by atoms with Gasteiger partial charge in [-0.05, 0) is 12.5 Å². The Balaban J connectivity index is 1.87. The van der Waals surface area contributed by atoms with Crippen molar-refractivity contribution in [3.8, 4) is 11.5 Å². The van der Waals surface area contributed by atoms with Gasteiger partial charge in [0.25, 0.3) is 15.9 Å². The normalized spacial score (nSPS) is 21.1. The Labute approximate surface area is 157 Å². The summed E-state index contributed by atoms with van der Waals surface area (Å²) in [4.78, 5) is 26.6. The van der Waals surface area contributed by atoms with Gasteiger partial charge in [-0.3, -0.25) is 9.59 Å². The molecule has 148 valence electrons. The first-order valence-electron chi connectivity index (χ1n) is 8.56. The molecule has 1 fully saturated rings. The second-order valence-electron chi connectivity index (χ2n) is 6.26. The Morgan fingerprint density at radius 3 is 2.56 bits per heavy atom. The summed E-state index contributed by atoms with van der Waals surface area (Å²) in [6.45, 7) is 2.54. The lowest BCUT2D eigenvalue weighted by Gasteiger charge is -2.33. The van der Waals surface area contributed by atoms with E-state index in [2.05, 4.69) is 0 Å². The van der Waals surface area contributed by atoms with E-state index in [0.29, 0.717) is 24.0 Å². The molecule has 1 atom stereocenters. The highest BCUT2D eigenvalue weighted by Crippen LogP contribution is 2.38. The van der Waals surface area contributed by atoms with Gasteiger partial charge in [0.2, 0.25) is 5.91 Å². The molecule has 0 aliphatic carbocycles. The molecule has 3 rings (SSSR count). The van der Waals surface area contributed by atoms with Gasteiger partial charge in [-0.15, -0.1) is 0 Å². The highest BCUT2D eigenvalue weighted by Gasteiger charge is 2.44. The average Bonchev–Trinajstić information content (AvgIpc) is 2.86. The molecule has 0 N–H and O–H groups in total. The van der Waals surface area contributed by atoms with Gasteiger partial charge in [0.05, 0.1) is 32.5 Å². The lowest BCUT2D eigenvalue weighted by atomic mass is 10.2. The van der Waals surface area contributed by atoms with Crippen molar-refractivity contribution in [3.63, 3.8) is 0 Å². The molecule has 27 heavy (non-hydrogen) atoms. The van der Waals surface area contributed by atoms with E-state index in [0.717, 1.165) is 6.42 Å². The molecule has 2 heterocycles. The third-order valence-electron chi connectivity index (χ3n) is 4.74. The number of nitrogens with zero attached hydrogens (tertiary/aromatic N) is 2. The fourth-order valence-corrected chi connectivity index (χ4v) is 4.69. The maximum absolute atomic E-state index is 12.8. The first kappa shape index (κ1) is 19.4. The molecule has 2 aliphatic rings. The number of methoxy groups -OCH3 is 2. The van der Waals surface area contributed by atoms with Crippen LogP contribution in [0.15, 0.2) is 17.0 Å². The monoisotopic (exact) mass is 398 g/mol. The third-order valence-corrected chi connectivity index (χ3v) is 6.51. The van der Waals surface area contributed by atoms with Crippen LogP contribution in [0.4, 0.5) is 0 Å². The average molecular weight is 398 g/mol. The number of rotatable bonds is 5. The number of sulfonamides is 1. The topological polar surface area (TPSA) is 102 Å². The Morgan fingerprint density at radius 1 is 1.26 bits per heavy atom. The van der Waals surface area contributed by atoms with Crippen molar-refractivity contribution in [2.45, 2.75) is 24.3 Å². The Bertz CT molecular complexity index is 868. The van der Waals surface area contributed by atoms with E-state index in [9.17, 15) is 18.0 Å². The van der Waals surface area contributed by atoms with Gasteiger partial charge in [0.15, 0.2) is 11.5 Å². The van der Waals surface area contributed by atoms with Crippen LogP contribution in [0.5, 0.6) is 11.5 Å². The van der Waals surface area contributed by atoms with Crippen molar-refractivity contribution in [2.75, 3.05) is 40.5 Å². The van der Waals surface area contributed by atoms with Gasteiger partial charge < -0.3 is 19.1 Å². The Morgan fingerprint density at radius 2 is 1.93 bits per heavy atom. The second-order valence-corrected chi connectivity index (χ2v) is 8.09. The smallest absolute Gasteiger partial charge is 0.269 e. The first-order chi connectivity index (χ1) is 12.8. The van der Waals surface area contributed by atoms with Gasteiger partial charge in [-0.1, -0.05) is 6.92 Å². The van der Waals surface area contributed by atoms with Crippen LogP contribution >= 0.6 is 0 Å². The number of morpholine rings is 1. The van der Waals surface area contributed by atoms with Crippen LogP contribution in [0.1, 0.15) is 23.7 Å². The maximum atomic E-state index is 12.8. The fraction of sp³-hybridized carbons (Fsp3) is 0.529. The highest BCUT2D eigenvalue weighted by molar-refractivity contribution is 7.90. The largest absolute Gasteiger partial charge is 0.493 e.